The van der Waals surface area contributed by atoms with Crippen molar-refractivity contribution in [2.24, 2.45) is 5.73 Å². The third-order valence-corrected chi connectivity index (χ3v) is 3.93. The largest absolute Gasteiger partial charge is 0.368 e. The molecule has 1 aromatic carbocycles. The minimum atomic E-state index is -0.707. The maximum absolute atomic E-state index is 12.1. The van der Waals surface area contributed by atoms with Crippen LogP contribution in [0.5, 0.6) is 0 Å². The normalized spacial score (nSPS) is 19.2. The number of carbonyl (C=O) groups is 2. The van der Waals surface area contributed by atoms with Crippen LogP contribution in [-0.2, 0) is 20.7 Å². The predicted molar refractivity (Wildman–Crippen MR) is 79.7 cm³/mol. The van der Waals surface area contributed by atoms with Gasteiger partial charge in [-0.3, -0.25) is 9.59 Å². The zero-order valence-electron chi connectivity index (χ0n) is 12.5. The number of amides is 2. The molecule has 3 N–H and O–H groups in total. The van der Waals surface area contributed by atoms with Crippen LogP contribution in [0.4, 0.5) is 0 Å². The van der Waals surface area contributed by atoms with Crippen LogP contribution < -0.4 is 11.1 Å². The molecule has 2 atom stereocenters. The van der Waals surface area contributed by atoms with E-state index in [4.69, 9.17) is 10.5 Å². The lowest BCUT2D eigenvalue weighted by Gasteiger charge is -2.20. The van der Waals surface area contributed by atoms with Gasteiger partial charge in [-0.25, -0.2) is 0 Å². The molecule has 1 heterocycles. The molecule has 21 heavy (non-hydrogen) atoms. The van der Waals surface area contributed by atoms with Crippen LogP contribution in [-0.4, -0.2) is 30.6 Å². The van der Waals surface area contributed by atoms with Crippen LogP contribution in [0.1, 0.15) is 29.5 Å². The zero-order valence-corrected chi connectivity index (χ0v) is 12.5. The van der Waals surface area contributed by atoms with Crippen LogP contribution in [0.2, 0.25) is 0 Å². The van der Waals surface area contributed by atoms with Gasteiger partial charge in [0.05, 0.1) is 0 Å². The molecule has 114 valence electrons. The first-order valence-electron chi connectivity index (χ1n) is 7.25. The summed E-state index contributed by atoms with van der Waals surface area (Å²) in [5.74, 6) is -0.772. The van der Waals surface area contributed by atoms with Gasteiger partial charge in [-0.05, 0) is 43.4 Å². The molecule has 0 aliphatic carbocycles. The van der Waals surface area contributed by atoms with Gasteiger partial charge in [0, 0.05) is 13.0 Å². The third kappa shape index (κ3) is 3.82. The van der Waals surface area contributed by atoms with E-state index in [1.807, 2.05) is 32.0 Å². The summed E-state index contributed by atoms with van der Waals surface area (Å²) >= 11 is 0. The van der Waals surface area contributed by atoms with E-state index in [2.05, 4.69) is 5.32 Å². The molecule has 0 saturated carbocycles. The first-order chi connectivity index (χ1) is 9.99. The van der Waals surface area contributed by atoms with Crippen molar-refractivity contribution < 1.29 is 14.3 Å². The lowest BCUT2D eigenvalue weighted by Crippen LogP contribution is -2.49. The smallest absolute Gasteiger partial charge is 0.249 e. The lowest BCUT2D eigenvalue weighted by molar-refractivity contribution is -0.133. The van der Waals surface area contributed by atoms with Crippen molar-refractivity contribution in [3.8, 4) is 0 Å². The summed E-state index contributed by atoms with van der Waals surface area (Å²) in [5, 5.41) is 2.72. The van der Waals surface area contributed by atoms with Crippen molar-refractivity contribution in [1.29, 1.82) is 0 Å². The fourth-order valence-corrected chi connectivity index (χ4v) is 2.65. The average molecular weight is 290 g/mol. The van der Waals surface area contributed by atoms with Gasteiger partial charge in [-0.15, -0.1) is 0 Å². The Morgan fingerprint density at radius 1 is 1.38 bits per heavy atom. The van der Waals surface area contributed by atoms with E-state index in [0.717, 1.165) is 23.1 Å². The molecule has 1 fully saturated rings. The van der Waals surface area contributed by atoms with Crippen LogP contribution >= 0.6 is 0 Å². The maximum Gasteiger partial charge on any atom is 0.249 e. The summed E-state index contributed by atoms with van der Waals surface area (Å²) < 4.78 is 5.33. The highest BCUT2D eigenvalue weighted by Gasteiger charge is 2.28. The first kappa shape index (κ1) is 15.5. The monoisotopic (exact) mass is 290 g/mol. The Balaban J connectivity index is 2.09. The van der Waals surface area contributed by atoms with Gasteiger partial charge < -0.3 is 15.8 Å². The molecule has 0 unspecified atom stereocenters. The number of nitrogens with two attached hydrogens (primary N) is 1. The van der Waals surface area contributed by atoms with E-state index < -0.39 is 18.1 Å². The van der Waals surface area contributed by atoms with Gasteiger partial charge in [0.2, 0.25) is 11.8 Å². The van der Waals surface area contributed by atoms with E-state index in [1.54, 1.807) is 0 Å². The number of aryl methyl sites for hydroxylation is 2. The van der Waals surface area contributed by atoms with E-state index in [9.17, 15) is 9.59 Å². The zero-order chi connectivity index (χ0) is 15.4. The van der Waals surface area contributed by atoms with E-state index in [-0.39, 0.29) is 5.91 Å². The minimum Gasteiger partial charge on any atom is -0.368 e. The Bertz CT molecular complexity index is 516. The summed E-state index contributed by atoms with van der Waals surface area (Å²) in [6.45, 7) is 4.57. The number of rotatable bonds is 5. The van der Waals surface area contributed by atoms with E-state index >= 15 is 0 Å². The third-order valence-electron chi connectivity index (χ3n) is 3.93. The number of hydrogen-bond donors (Lipinski definition) is 2. The highest BCUT2D eigenvalue weighted by molar-refractivity contribution is 5.88. The van der Waals surface area contributed by atoms with E-state index in [0.29, 0.717) is 19.4 Å². The Hall–Kier alpha value is -1.88. The number of ether oxygens (including phenoxy) is 1. The Morgan fingerprint density at radius 2 is 2.05 bits per heavy atom. The molecule has 5 heteroatoms. The molecule has 0 aromatic heterocycles. The second-order valence-corrected chi connectivity index (χ2v) is 5.54. The van der Waals surface area contributed by atoms with Crippen molar-refractivity contribution in [2.75, 3.05) is 6.61 Å². The Labute approximate surface area is 124 Å². The van der Waals surface area contributed by atoms with Crippen LogP contribution in [0, 0.1) is 13.8 Å². The number of primary amides is 1. The first-order valence-corrected chi connectivity index (χ1v) is 7.25. The molecule has 0 spiro atoms. The summed E-state index contributed by atoms with van der Waals surface area (Å²) in [4.78, 5) is 23.7. The van der Waals surface area contributed by atoms with Gasteiger partial charge in [0.1, 0.15) is 12.1 Å². The molecule has 1 aliphatic rings. The van der Waals surface area contributed by atoms with Crippen LogP contribution in [0.25, 0.3) is 0 Å². The highest BCUT2D eigenvalue weighted by Crippen LogP contribution is 2.16. The summed E-state index contributed by atoms with van der Waals surface area (Å²) in [6, 6.07) is 5.24. The second-order valence-electron chi connectivity index (χ2n) is 5.54. The van der Waals surface area contributed by atoms with Crippen LogP contribution in [0.15, 0.2) is 18.2 Å². The lowest BCUT2D eigenvalue weighted by atomic mass is 9.96. The molecular formula is C16H22N2O3. The van der Waals surface area contributed by atoms with Crippen molar-refractivity contribution in [3.05, 3.63) is 34.9 Å². The number of carbonyl (C=O) groups excluding carboxylic acids is 2. The molecule has 1 saturated heterocycles. The van der Waals surface area contributed by atoms with Gasteiger partial charge in [-0.1, -0.05) is 18.2 Å². The maximum atomic E-state index is 12.1. The van der Waals surface area contributed by atoms with Gasteiger partial charge in [0.25, 0.3) is 0 Å². The fraction of sp³-hybridized carbons (Fsp3) is 0.500. The standard InChI is InChI=1S/C16H22N2O3/c1-10-5-3-6-11(2)12(10)9-13(15(17)19)18-16(20)14-7-4-8-21-14/h3,5-6,13-14H,4,7-9H2,1-2H3,(H2,17,19)(H,18,20)/t13-,14+/m1/s1. The fourth-order valence-electron chi connectivity index (χ4n) is 2.65. The quantitative estimate of drug-likeness (QED) is 0.848. The summed E-state index contributed by atoms with van der Waals surface area (Å²) in [6.07, 6.45) is 1.52. The molecular weight excluding hydrogens is 268 g/mol. The molecule has 2 rings (SSSR count). The SMILES string of the molecule is Cc1cccc(C)c1C[C@@H](NC(=O)[C@@H]1CCCO1)C(N)=O. The summed E-state index contributed by atoms with van der Waals surface area (Å²) in [5.41, 5.74) is 8.67. The number of nitrogens with one attached hydrogen (secondary N) is 1. The van der Waals surface area contributed by atoms with Gasteiger partial charge >= 0.3 is 0 Å². The highest BCUT2D eigenvalue weighted by atomic mass is 16.5. The number of hydrogen-bond acceptors (Lipinski definition) is 3. The van der Waals surface area contributed by atoms with Crippen molar-refractivity contribution in [1.82, 2.24) is 5.32 Å². The van der Waals surface area contributed by atoms with Crippen molar-refractivity contribution in [3.63, 3.8) is 0 Å². The molecule has 0 bridgehead atoms. The predicted octanol–water partition coefficient (Wildman–Crippen LogP) is 0.995. The minimum absolute atomic E-state index is 0.248. The average Bonchev–Trinajstić information content (AvgIpc) is 2.95. The van der Waals surface area contributed by atoms with Crippen molar-refractivity contribution >= 4 is 11.8 Å². The van der Waals surface area contributed by atoms with Gasteiger partial charge in [0.15, 0.2) is 0 Å². The molecule has 0 radical (unpaired) electrons. The summed E-state index contributed by atoms with van der Waals surface area (Å²) in [7, 11) is 0. The molecule has 1 aliphatic heterocycles. The molecule has 1 aromatic rings. The number of benzene rings is 1. The van der Waals surface area contributed by atoms with Gasteiger partial charge in [-0.2, -0.15) is 0 Å². The molecule has 2 amide bonds. The Morgan fingerprint density at radius 3 is 2.57 bits per heavy atom. The van der Waals surface area contributed by atoms with E-state index in [1.165, 1.54) is 0 Å². The topological polar surface area (TPSA) is 81.4 Å². The van der Waals surface area contributed by atoms with Crippen LogP contribution in [0.3, 0.4) is 0 Å². The Kier molecular flexibility index (Phi) is 4.96. The van der Waals surface area contributed by atoms with Crippen molar-refractivity contribution in [2.45, 2.75) is 45.3 Å². The second kappa shape index (κ2) is 6.72. The molecule has 5 nitrogen and oxygen atoms in total.